The van der Waals surface area contributed by atoms with Gasteiger partial charge in [-0.05, 0) is 30.8 Å². The standard InChI is InChI=1S/C11H12ClN3S/c1-3-9-13-14-11(16)15(9)10-7(2)5-4-6-8(10)12/h4-6H,3H2,1-2H3,(H,14,16). The Morgan fingerprint density at radius 3 is 2.88 bits per heavy atom. The minimum absolute atomic E-state index is 0.577. The number of hydrogen-bond donors (Lipinski definition) is 1. The Balaban J connectivity index is 2.76. The molecule has 0 bridgehead atoms. The van der Waals surface area contributed by atoms with Crippen molar-refractivity contribution in [1.29, 1.82) is 0 Å². The molecule has 0 unspecified atom stereocenters. The fourth-order valence-electron chi connectivity index (χ4n) is 1.70. The first-order valence-electron chi connectivity index (χ1n) is 5.07. The zero-order valence-corrected chi connectivity index (χ0v) is 10.7. The van der Waals surface area contributed by atoms with Gasteiger partial charge in [-0.25, -0.2) is 0 Å². The Labute approximate surface area is 104 Å². The van der Waals surface area contributed by atoms with Crippen LogP contribution in [0.3, 0.4) is 0 Å². The first-order chi connectivity index (χ1) is 7.65. The lowest BCUT2D eigenvalue weighted by Crippen LogP contribution is -2.03. The van der Waals surface area contributed by atoms with Crippen molar-refractivity contribution in [2.24, 2.45) is 0 Å². The van der Waals surface area contributed by atoms with Crippen LogP contribution in [0.15, 0.2) is 18.2 Å². The van der Waals surface area contributed by atoms with Crippen LogP contribution in [0.2, 0.25) is 5.02 Å². The molecule has 0 saturated carbocycles. The van der Waals surface area contributed by atoms with E-state index in [1.807, 2.05) is 36.6 Å². The molecule has 0 amide bonds. The van der Waals surface area contributed by atoms with Crippen LogP contribution in [0.5, 0.6) is 0 Å². The quantitative estimate of drug-likeness (QED) is 0.832. The van der Waals surface area contributed by atoms with Gasteiger partial charge in [0.2, 0.25) is 0 Å². The maximum absolute atomic E-state index is 6.21. The molecule has 0 fully saturated rings. The van der Waals surface area contributed by atoms with E-state index in [0.29, 0.717) is 9.79 Å². The normalized spacial score (nSPS) is 10.7. The van der Waals surface area contributed by atoms with Gasteiger partial charge < -0.3 is 0 Å². The van der Waals surface area contributed by atoms with E-state index in [9.17, 15) is 0 Å². The van der Waals surface area contributed by atoms with E-state index in [0.717, 1.165) is 23.5 Å². The molecule has 2 aromatic rings. The van der Waals surface area contributed by atoms with Gasteiger partial charge in [-0.3, -0.25) is 9.67 Å². The molecule has 1 aromatic heterocycles. The molecule has 16 heavy (non-hydrogen) atoms. The first kappa shape index (κ1) is 11.4. The van der Waals surface area contributed by atoms with Crippen LogP contribution in [0, 0.1) is 11.7 Å². The summed E-state index contributed by atoms with van der Waals surface area (Å²) in [7, 11) is 0. The van der Waals surface area contributed by atoms with Gasteiger partial charge in [0.05, 0.1) is 10.7 Å². The average molecular weight is 254 g/mol. The summed E-state index contributed by atoms with van der Waals surface area (Å²) < 4.78 is 2.47. The largest absolute Gasteiger partial charge is 0.270 e. The number of hydrogen-bond acceptors (Lipinski definition) is 2. The fourth-order valence-corrected chi connectivity index (χ4v) is 2.25. The molecule has 0 aliphatic rings. The number of benzene rings is 1. The van der Waals surface area contributed by atoms with Gasteiger partial charge >= 0.3 is 0 Å². The van der Waals surface area contributed by atoms with Crippen LogP contribution in [0.4, 0.5) is 0 Å². The predicted octanol–water partition coefficient (Wildman–Crippen LogP) is 3.45. The average Bonchev–Trinajstić information content (AvgIpc) is 2.60. The van der Waals surface area contributed by atoms with E-state index in [4.69, 9.17) is 23.8 Å². The molecule has 1 heterocycles. The zero-order chi connectivity index (χ0) is 11.7. The molecule has 0 spiro atoms. The highest BCUT2D eigenvalue weighted by atomic mass is 35.5. The molecule has 2 rings (SSSR count). The maximum Gasteiger partial charge on any atom is 0.199 e. The van der Waals surface area contributed by atoms with E-state index >= 15 is 0 Å². The van der Waals surface area contributed by atoms with Gasteiger partial charge in [0.25, 0.3) is 0 Å². The van der Waals surface area contributed by atoms with Crippen LogP contribution in [-0.2, 0) is 6.42 Å². The Bertz CT molecular complexity index is 551. The fraction of sp³-hybridized carbons (Fsp3) is 0.273. The number of nitrogens with one attached hydrogen (secondary N) is 1. The summed E-state index contributed by atoms with van der Waals surface area (Å²) in [6.07, 6.45) is 0.803. The molecule has 0 radical (unpaired) electrons. The van der Waals surface area contributed by atoms with Crippen LogP contribution in [-0.4, -0.2) is 14.8 Å². The van der Waals surface area contributed by atoms with E-state index < -0.39 is 0 Å². The Morgan fingerprint density at radius 2 is 2.25 bits per heavy atom. The minimum Gasteiger partial charge on any atom is -0.270 e. The van der Waals surface area contributed by atoms with Crippen LogP contribution < -0.4 is 0 Å². The van der Waals surface area contributed by atoms with E-state index in [1.54, 1.807) is 0 Å². The summed E-state index contributed by atoms with van der Waals surface area (Å²) in [6.45, 7) is 4.04. The number of H-pyrrole nitrogens is 1. The molecule has 3 nitrogen and oxygen atoms in total. The van der Waals surface area contributed by atoms with E-state index in [-0.39, 0.29) is 0 Å². The number of halogens is 1. The van der Waals surface area contributed by atoms with E-state index in [2.05, 4.69) is 10.2 Å². The van der Waals surface area contributed by atoms with Crippen molar-refractivity contribution in [1.82, 2.24) is 14.8 Å². The van der Waals surface area contributed by atoms with Crippen molar-refractivity contribution in [3.8, 4) is 5.69 Å². The van der Waals surface area contributed by atoms with Crippen molar-refractivity contribution >= 4 is 23.8 Å². The summed E-state index contributed by atoms with van der Waals surface area (Å²) in [5, 5.41) is 7.67. The van der Waals surface area contributed by atoms with Crippen LogP contribution in [0.1, 0.15) is 18.3 Å². The molecule has 84 valence electrons. The number of aromatic amines is 1. The molecule has 0 aliphatic carbocycles. The molecule has 0 atom stereocenters. The second-order valence-corrected chi connectivity index (χ2v) is 4.33. The number of rotatable bonds is 2. The van der Waals surface area contributed by atoms with Gasteiger partial charge in [0.1, 0.15) is 5.82 Å². The molecular formula is C11H12ClN3S. The van der Waals surface area contributed by atoms with Crippen molar-refractivity contribution in [2.75, 3.05) is 0 Å². The Kier molecular flexibility index (Phi) is 3.12. The van der Waals surface area contributed by atoms with Gasteiger partial charge in [0.15, 0.2) is 4.77 Å². The summed E-state index contributed by atoms with van der Waals surface area (Å²) in [6, 6.07) is 5.80. The summed E-state index contributed by atoms with van der Waals surface area (Å²) in [4.78, 5) is 0. The second-order valence-electron chi connectivity index (χ2n) is 3.54. The highest BCUT2D eigenvalue weighted by Crippen LogP contribution is 2.25. The van der Waals surface area contributed by atoms with Gasteiger partial charge in [-0.1, -0.05) is 30.7 Å². The second kappa shape index (κ2) is 4.39. The number of para-hydroxylation sites is 1. The Hall–Kier alpha value is -1.13. The first-order valence-corrected chi connectivity index (χ1v) is 5.85. The monoisotopic (exact) mass is 253 g/mol. The highest BCUT2D eigenvalue weighted by Gasteiger charge is 2.11. The molecule has 1 aromatic carbocycles. The third-order valence-electron chi connectivity index (χ3n) is 2.47. The lowest BCUT2D eigenvalue weighted by molar-refractivity contribution is 0.876. The van der Waals surface area contributed by atoms with Crippen LogP contribution in [0.25, 0.3) is 5.69 Å². The van der Waals surface area contributed by atoms with Crippen molar-refractivity contribution in [3.05, 3.63) is 39.4 Å². The topological polar surface area (TPSA) is 33.6 Å². The number of aryl methyl sites for hydroxylation is 2. The maximum atomic E-state index is 6.21. The van der Waals surface area contributed by atoms with Crippen LogP contribution >= 0.6 is 23.8 Å². The predicted molar refractivity (Wildman–Crippen MR) is 67.9 cm³/mol. The summed E-state index contributed by atoms with van der Waals surface area (Å²) >= 11 is 11.4. The molecular weight excluding hydrogens is 242 g/mol. The number of nitrogens with zero attached hydrogens (tertiary/aromatic N) is 2. The number of aromatic nitrogens is 3. The summed E-state index contributed by atoms with van der Waals surface area (Å²) in [5.41, 5.74) is 2.00. The van der Waals surface area contributed by atoms with Gasteiger partial charge in [-0.15, -0.1) is 0 Å². The van der Waals surface area contributed by atoms with Gasteiger partial charge in [0, 0.05) is 6.42 Å². The van der Waals surface area contributed by atoms with Crippen molar-refractivity contribution in [2.45, 2.75) is 20.3 Å². The third kappa shape index (κ3) is 1.79. The SMILES string of the molecule is CCc1n[nH]c(=S)n1-c1c(C)cccc1Cl. The van der Waals surface area contributed by atoms with Crippen molar-refractivity contribution < 1.29 is 0 Å². The lowest BCUT2D eigenvalue weighted by Gasteiger charge is -2.10. The van der Waals surface area contributed by atoms with Gasteiger partial charge in [-0.2, -0.15) is 5.10 Å². The molecule has 1 N–H and O–H groups in total. The highest BCUT2D eigenvalue weighted by molar-refractivity contribution is 7.71. The molecule has 0 saturated heterocycles. The molecule has 5 heteroatoms. The third-order valence-corrected chi connectivity index (χ3v) is 3.05. The minimum atomic E-state index is 0.577. The summed E-state index contributed by atoms with van der Waals surface area (Å²) in [5.74, 6) is 0.890. The molecule has 0 aliphatic heterocycles. The van der Waals surface area contributed by atoms with Crippen molar-refractivity contribution in [3.63, 3.8) is 0 Å². The smallest absolute Gasteiger partial charge is 0.199 e. The Morgan fingerprint density at radius 1 is 1.50 bits per heavy atom. The zero-order valence-electron chi connectivity index (χ0n) is 9.12. The van der Waals surface area contributed by atoms with E-state index in [1.165, 1.54) is 0 Å². The lowest BCUT2D eigenvalue weighted by atomic mass is 10.2.